The number of carboxylic acids is 1. The van der Waals surface area contributed by atoms with Crippen molar-refractivity contribution in [1.82, 2.24) is 0 Å². The molecule has 0 aliphatic heterocycles. The minimum Gasteiger partial charge on any atom is -0.481 e. The predicted octanol–water partition coefficient (Wildman–Crippen LogP) is 2.49. The SMILES string of the molecule is CC(C)(C)CS(=O)(=O)Nc1cccc(CCC(=O)O)c1. The van der Waals surface area contributed by atoms with Gasteiger partial charge in [0, 0.05) is 12.1 Å². The monoisotopic (exact) mass is 299 g/mol. The van der Waals surface area contributed by atoms with Crippen LogP contribution in [0.3, 0.4) is 0 Å². The highest BCUT2D eigenvalue weighted by Crippen LogP contribution is 2.19. The Bertz CT molecular complexity index is 573. The second-order valence-corrected chi connectivity index (χ2v) is 7.74. The molecule has 1 aromatic rings. The van der Waals surface area contributed by atoms with E-state index in [9.17, 15) is 13.2 Å². The van der Waals surface area contributed by atoms with Gasteiger partial charge in [-0.15, -0.1) is 0 Å². The molecule has 112 valence electrons. The van der Waals surface area contributed by atoms with Crippen LogP contribution in [0.2, 0.25) is 0 Å². The van der Waals surface area contributed by atoms with Gasteiger partial charge in [0.2, 0.25) is 10.0 Å². The van der Waals surface area contributed by atoms with Gasteiger partial charge in [0.05, 0.1) is 5.75 Å². The summed E-state index contributed by atoms with van der Waals surface area (Å²) in [5.41, 5.74) is 0.938. The van der Waals surface area contributed by atoms with Crippen molar-refractivity contribution in [3.8, 4) is 0 Å². The summed E-state index contributed by atoms with van der Waals surface area (Å²) < 4.78 is 26.5. The molecule has 0 saturated carbocycles. The molecule has 1 aromatic carbocycles. The van der Waals surface area contributed by atoms with E-state index in [4.69, 9.17) is 5.11 Å². The largest absolute Gasteiger partial charge is 0.481 e. The first-order chi connectivity index (χ1) is 9.07. The van der Waals surface area contributed by atoms with Gasteiger partial charge in [0.1, 0.15) is 0 Å². The maximum Gasteiger partial charge on any atom is 0.303 e. The number of benzene rings is 1. The normalized spacial score (nSPS) is 12.2. The third kappa shape index (κ3) is 6.56. The standard InChI is InChI=1S/C14H21NO4S/c1-14(2,3)10-20(18,19)15-12-6-4-5-11(9-12)7-8-13(16)17/h4-6,9,15H,7-8,10H2,1-3H3,(H,16,17). The maximum atomic E-state index is 12.0. The van der Waals surface area contributed by atoms with Crippen LogP contribution in [-0.2, 0) is 21.2 Å². The second-order valence-electron chi connectivity index (χ2n) is 6.02. The van der Waals surface area contributed by atoms with Gasteiger partial charge in [-0.25, -0.2) is 8.42 Å². The molecule has 0 aliphatic carbocycles. The van der Waals surface area contributed by atoms with E-state index in [0.29, 0.717) is 12.1 Å². The van der Waals surface area contributed by atoms with Gasteiger partial charge >= 0.3 is 5.97 Å². The molecule has 0 aromatic heterocycles. The summed E-state index contributed by atoms with van der Waals surface area (Å²) in [5, 5.41) is 8.65. The Morgan fingerprint density at radius 2 is 1.95 bits per heavy atom. The summed E-state index contributed by atoms with van der Waals surface area (Å²) in [6.07, 6.45) is 0.405. The van der Waals surface area contributed by atoms with Crippen LogP contribution in [0.4, 0.5) is 5.69 Å². The molecule has 0 spiro atoms. The zero-order valence-corrected chi connectivity index (χ0v) is 12.8. The van der Waals surface area contributed by atoms with Gasteiger partial charge < -0.3 is 5.11 Å². The first kappa shape index (κ1) is 16.5. The average Bonchev–Trinajstić information content (AvgIpc) is 2.22. The van der Waals surface area contributed by atoms with E-state index in [1.54, 1.807) is 24.3 Å². The Morgan fingerprint density at radius 3 is 2.50 bits per heavy atom. The van der Waals surface area contributed by atoms with Crippen molar-refractivity contribution < 1.29 is 18.3 Å². The molecule has 2 N–H and O–H groups in total. The van der Waals surface area contributed by atoms with Crippen molar-refractivity contribution in [1.29, 1.82) is 0 Å². The molecular weight excluding hydrogens is 278 g/mol. The van der Waals surface area contributed by atoms with E-state index in [1.807, 2.05) is 20.8 Å². The number of anilines is 1. The molecule has 6 heteroatoms. The van der Waals surface area contributed by atoms with E-state index >= 15 is 0 Å². The average molecular weight is 299 g/mol. The Labute approximate surface area is 120 Å². The molecule has 0 unspecified atom stereocenters. The number of sulfonamides is 1. The van der Waals surface area contributed by atoms with Crippen LogP contribution < -0.4 is 4.72 Å². The number of hydrogen-bond donors (Lipinski definition) is 2. The van der Waals surface area contributed by atoms with Crippen molar-refractivity contribution >= 4 is 21.7 Å². The van der Waals surface area contributed by atoms with E-state index in [2.05, 4.69) is 4.72 Å². The number of carboxylic acid groups (broad SMARTS) is 1. The number of aryl methyl sites for hydroxylation is 1. The van der Waals surface area contributed by atoms with Crippen molar-refractivity contribution in [2.75, 3.05) is 10.5 Å². The molecule has 0 fully saturated rings. The molecular formula is C14H21NO4S. The Hall–Kier alpha value is -1.56. The van der Waals surface area contributed by atoms with E-state index in [1.165, 1.54) is 0 Å². The summed E-state index contributed by atoms with van der Waals surface area (Å²) in [5.74, 6) is -0.844. The fourth-order valence-corrected chi connectivity index (χ4v) is 3.53. The Kier molecular flexibility index (Phi) is 5.16. The fourth-order valence-electron chi connectivity index (χ4n) is 1.83. The van der Waals surface area contributed by atoms with Crippen molar-refractivity contribution in [3.05, 3.63) is 29.8 Å². The quantitative estimate of drug-likeness (QED) is 0.845. The number of carbonyl (C=O) groups is 1. The lowest BCUT2D eigenvalue weighted by molar-refractivity contribution is -0.136. The summed E-state index contributed by atoms with van der Waals surface area (Å²) in [6.45, 7) is 5.57. The van der Waals surface area contributed by atoms with Crippen LogP contribution in [0.1, 0.15) is 32.8 Å². The minimum absolute atomic E-state index is 0.0260. The lowest BCUT2D eigenvalue weighted by Gasteiger charge is -2.19. The Balaban J connectivity index is 2.78. The highest BCUT2D eigenvalue weighted by molar-refractivity contribution is 7.92. The molecule has 5 nitrogen and oxygen atoms in total. The number of hydrogen-bond acceptors (Lipinski definition) is 3. The maximum absolute atomic E-state index is 12.0. The molecule has 0 aliphatic rings. The minimum atomic E-state index is -3.41. The second kappa shape index (κ2) is 6.26. The van der Waals surface area contributed by atoms with E-state index < -0.39 is 16.0 Å². The lowest BCUT2D eigenvalue weighted by Crippen LogP contribution is -2.26. The van der Waals surface area contributed by atoms with Crippen molar-refractivity contribution in [3.63, 3.8) is 0 Å². The Morgan fingerprint density at radius 1 is 1.30 bits per heavy atom. The van der Waals surface area contributed by atoms with Gasteiger partial charge in [-0.2, -0.15) is 0 Å². The summed E-state index contributed by atoms with van der Waals surface area (Å²) in [4.78, 5) is 10.5. The van der Waals surface area contributed by atoms with Crippen LogP contribution in [0.25, 0.3) is 0 Å². The number of nitrogens with one attached hydrogen (secondary N) is 1. The number of aliphatic carboxylic acids is 1. The first-order valence-corrected chi connectivity index (χ1v) is 8.04. The fraction of sp³-hybridized carbons (Fsp3) is 0.500. The van der Waals surface area contributed by atoms with Crippen LogP contribution in [0, 0.1) is 5.41 Å². The van der Waals surface area contributed by atoms with Crippen LogP contribution in [0.15, 0.2) is 24.3 Å². The summed E-state index contributed by atoms with van der Waals surface area (Å²) in [6, 6.07) is 6.82. The molecule has 1 rings (SSSR count). The van der Waals surface area contributed by atoms with Gasteiger partial charge in [-0.3, -0.25) is 9.52 Å². The topological polar surface area (TPSA) is 83.5 Å². The highest BCUT2D eigenvalue weighted by Gasteiger charge is 2.21. The first-order valence-electron chi connectivity index (χ1n) is 6.39. The number of rotatable bonds is 6. The molecule has 0 saturated heterocycles. The van der Waals surface area contributed by atoms with E-state index in [0.717, 1.165) is 5.56 Å². The van der Waals surface area contributed by atoms with Crippen molar-refractivity contribution in [2.24, 2.45) is 5.41 Å². The molecule has 0 atom stereocenters. The van der Waals surface area contributed by atoms with E-state index in [-0.39, 0.29) is 17.6 Å². The van der Waals surface area contributed by atoms with Crippen LogP contribution in [-0.4, -0.2) is 25.2 Å². The lowest BCUT2D eigenvalue weighted by atomic mass is 10.0. The van der Waals surface area contributed by atoms with Crippen LogP contribution >= 0.6 is 0 Å². The molecule has 0 radical (unpaired) electrons. The third-order valence-corrected chi connectivity index (χ3v) is 4.24. The summed E-state index contributed by atoms with van der Waals surface area (Å²) in [7, 11) is -3.41. The van der Waals surface area contributed by atoms with Gasteiger partial charge in [0.25, 0.3) is 0 Å². The zero-order valence-electron chi connectivity index (χ0n) is 12.0. The molecule has 20 heavy (non-hydrogen) atoms. The highest BCUT2D eigenvalue weighted by atomic mass is 32.2. The zero-order chi connectivity index (χ0) is 15.4. The predicted molar refractivity (Wildman–Crippen MR) is 79.3 cm³/mol. The van der Waals surface area contributed by atoms with Crippen molar-refractivity contribution in [2.45, 2.75) is 33.6 Å². The molecule has 0 amide bonds. The molecule has 0 bridgehead atoms. The summed E-state index contributed by atoms with van der Waals surface area (Å²) >= 11 is 0. The molecule has 0 heterocycles. The third-order valence-electron chi connectivity index (χ3n) is 2.45. The van der Waals surface area contributed by atoms with Gasteiger partial charge in [-0.05, 0) is 29.5 Å². The van der Waals surface area contributed by atoms with Gasteiger partial charge in [0.15, 0.2) is 0 Å². The van der Waals surface area contributed by atoms with Gasteiger partial charge in [-0.1, -0.05) is 32.9 Å². The van der Waals surface area contributed by atoms with Crippen LogP contribution in [0.5, 0.6) is 0 Å². The smallest absolute Gasteiger partial charge is 0.303 e.